The van der Waals surface area contributed by atoms with E-state index in [4.69, 9.17) is 11.6 Å². The van der Waals surface area contributed by atoms with Crippen LogP contribution in [0.25, 0.3) is 0 Å². The molecule has 0 saturated carbocycles. The van der Waals surface area contributed by atoms with Crippen LogP contribution in [0.1, 0.15) is 11.1 Å². The SMILES string of the molecule is Cc1cc(I)ccc1NC(=O)/C(C#N)=C\NCCc1cccc(Cl)c1. The van der Waals surface area contributed by atoms with Crippen LogP contribution in [-0.2, 0) is 11.2 Å². The first-order valence-corrected chi connectivity index (χ1v) is 9.11. The van der Waals surface area contributed by atoms with Crippen LogP contribution in [0.5, 0.6) is 0 Å². The minimum atomic E-state index is -0.429. The van der Waals surface area contributed by atoms with Gasteiger partial charge in [0.05, 0.1) is 0 Å². The normalized spacial score (nSPS) is 10.9. The summed E-state index contributed by atoms with van der Waals surface area (Å²) in [4.78, 5) is 12.2. The quantitative estimate of drug-likeness (QED) is 0.287. The summed E-state index contributed by atoms with van der Waals surface area (Å²) >= 11 is 8.15. The number of anilines is 1. The van der Waals surface area contributed by atoms with Crippen LogP contribution < -0.4 is 10.6 Å². The molecule has 0 aliphatic heterocycles. The highest BCUT2D eigenvalue weighted by Crippen LogP contribution is 2.18. The molecule has 0 aliphatic rings. The topological polar surface area (TPSA) is 64.9 Å². The first-order valence-electron chi connectivity index (χ1n) is 7.65. The van der Waals surface area contributed by atoms with Gasteiger partial charge in [0.25, 0.3) is 5.91 Å². The Morgan fingerprint density at radius 3 is 2.80 bits per heavy atom. The molecule has 0 aliphatic carbocycles. The molecule has 2 aromatic rings. The van der Waals surface area contributed by atoms with Crippen LogP contribution in [0.2, 0.25) is 5.02 Å². The zero-order valence-electron chi connectivity index (χ0n) is 13.6. The number of rotatable bonds is 6. The predicted molar refractivity (Wildman–Crippen MR) is 109 cm³/mol. The van der Waals surface area contributed by atoms with Gasteiger partial charge in [0.2, 0.25) is 0 Å². The number of hydrogen-bond acceptors (Lipinski definition) is 3. The summed E-state index contributed by atoms with van der Waals surface area (Å²) < 4.78 is 1.09. The Hall–Kier alpha value is -2.04. The molecule has 0 unspecified atom stereocenters. The van der Waals surface area contributed by atoms with Crippen molar-refractivity contribution in [1.82, 2.24) is 5.32 Å². The molecule has 2 rings (SSSR count). The van der Waals surface area contributed by atoms with Crippen molar-refractivity contribution in [3.8, 4) is 6.07 Å². The second-order valence-corrected chi connectivity index (χ2v) is 7.10. The maximum absolute atomic E-state index is 12.2. The third-order valence-electron chi connectivity index (χ3n) is 3.50. The molecule has 2 aromatic carbocycles. The molecular formula is C19H17ClIN3O. The highest BCUT2D eigenvalue weighted by atomic mass is 127. The van der Waals surface area contributed by atoms with Crippen LogP contribution in [0.4, 0.5) is 5.69 Å². The number of carbonyl (C=O) groups is 1. The maximum atomic E-state index is 12.2. The Kier molecular flexibility index (Phi) is 7.29. The van der Waals surface area contributed by atoms with Gasteiger partial charge in [-0.15, -0.1) is 0 Å². The van der Waals surface area contributed by atoms with Crippen molar-refractivity contribution >= 4 is 45.8 Å². The molecule has 0 saturated heterocycles. The molecule has 0 aromatic heterocycles. The summed E-state index contributed by atoms with van der Waals surface area (Å²) in [6.45, 7) is 2.51. The van der Waals surface area contributed by atoms with Crippen molar-refractivity contribution in [2.24, 2.45) is 0 Å². The molecule has 2 N–H and O–H groups in total. The summed E-state index contributed by atoms with van der Waals surface area (Å²) in [7, 11) is 0. The molecule has 6 heteroatoms. The standard InChI is InChI=1S/C19H17ClIN3O/c1-13-9-17(21)5-6-18(13)24-19(25)15(11-22)12-23-8-7-14-3-2-4-16(20)10-14/h2-6,9-10,12,23H,7-8H2,1H3,(H,24,25)/b15-12-. The largest absolute Gasteiger partial charge is 0.389 e. The lowest BCUT2D eigenvalue weighted by Crippen LogP contribution is -2.18. The smallest absolute Gasteiger partial charge is 0.267 e. The van der Waals surface area contributed by atoms with Crippen LogP contribution in [-0.4, -0.2) is 12.5 Å². The van der Waals surface area contributed by atoms with E-state index in [1.54, 1.807) is 0 Å². The summed E-state index contributed by atoms with van der Waals surface area (Å²) in [5.74, 6) is -0.429. The lowest BCUT2D eigenvalue weighted by atomic mass is 10.1. The van der Waals surface area contributed by atoms with E-state index in [9.17, 15) is 10.1 Å². The number of halogens is 2. The molecule has 0 atom stereocenters. The van der Waals surface area contributed by atoms with Gasteiger partial charge in [-0.1, -0.05) is 23.7 Å². The molecule has 4 nitrogen and oxygen atoms in total. The van der Waals surface area contributed by atoms with Crippen LogP contribution >= 0.6 is 34.2 Å². The Morgan fingerprint density at radius 2 is 2.12 bits per heavy atom. The predicted octanol–water partition coefficient (Wildman–Crippen LogP) is 4.43. The van der Waals surface area contributed by atoms with Gasteiger partial charge in [-0.3, -0.25) is 4.79 Å². The molecule has 0 bridgehead atoms. The van der Waals surface area contributed by atoms with Gasteiger partial charge in [-0.2, -0.15) is 5.26 Å². The molecule has 0 radical (unpaired) electrons. The Bertz CT molecular complexity index is 843. The number of aryl methyl sites for hydroxylation is 1. The van der Waals surface area contributed by atoms with E-state index in [2.05, 4.69) is 33.2 Å². The minimum Gasteiger partial charge on any atom is -0.389 e. The van der Waals surface area contributed by atoms with Crippen molar-refractivity contribution < 1.29 is 4.79 Å². The summed E-state index contributed by atoms with van der Waals surface area (Å²) in [6, 6.07) is 15.2. The van der Waals surface area contributed by atoms with Gasteiger partial charge in [-0.05, 0) is 77.4 Å². The van der Waals surface area contributed by atoms with E-state index in [-0.39, 0.29) is 5.57 Å². The van der Waals surface area contributed by atoms with Gasteiger partial charge >= 0.3 is 0 Å². The van der Waals surface area contributed by atoms with E-state index in [0.717, 1.165) is 21.1 Å². The highest BCUT2D eigenvalue weighted by molar-refractivity contribution is 14.1. The third-order valence-corrected chi connectivity index (χ3v) is 4.40. The lowest BCUT2D eigenvalue weighted by Gasteiger charge is -2.08. The van der Waals surface area contributed by atoms with Crippen molar-refractivity contribution in [3.63, 3.8) is 0 Å². The average Bonchev–Trinajstić information content (AvgIpc) is 2.57. The van der Waals surface area contributed by atoms with Gasteiger partial charge in [-0.25, -0.2) is 0 Å². The first kappa shape index (κ1) is 19.3. The van der Waals surface area contributed by atoms with E-state index < -0.39 is 5.91 Å². The Labute approximate surface area is 166 Å². The van der Waals surface area contributed by atoms with E-state index in [1.807, 2.05) is 55.5 Å². The number of amides is 1. The minimum absolute atomic E-state index is 0.0315. The molecule has 0 spiro atoms. The number of nitriles is 1. The molecule has 128 valence electrons. The van der Waals surface area contributed by atoms with Crippen molar-refractivity contribution in [2.45, 2.75) is 13.3 Å². The fraction of sp³-hybridized carbons (Fsp3) is 0.158. The van der Waals surface area contributed by atoms with Crippen molar-refractivity contribution in [2.75, 3.05) is 11.9 Å². The van der Waals surface area contributed by atoms with Crippen LogP contribution in [0.15, 0.2) is 54.2 Å². The van der Waals surface area contributed by atoms with Gasteiger partial charge in [0.15, 0.2) is 0 Å². The monoisotopic (exact) mass is 465 g/mol. The maximum Gasteiger partial charge on any atom is 0.267 e. The van der Waals surface area contributed by atoms with Crippen LogP contribution in [0.3, 0.4) is 0 Å². The second-order valence-electron chi connectivity index (χ2n) is 5.42. The van der Waals surface area contributed by atoms with E-state index in [0.29, 0.717) is 17.3 Å². The van der Waals surface area contributed by atoms with Crippen molar-refractivity contribution in [3.05, 3.63) is 74.0 Å². The van der Waals surface area contributed by atoms with E-state index in [1.165, 1.54) is 6.20 Å². The number of nitrogens with zero attached hydrogens (tertiary/aromatic N) is 1. The summed E-state index contributed by atoms with van der Waals surface area (Å²) in [6.07, 6.45) is 2.19. The fourth-order valence-electron chi connectivity index (χ4n) is 2.19. The van der Waals surface area contributed by atoms with Gasteiger partial charge in [0, 0.05) is 27.0 Å². The van der Waals surface area contributed by atoms with Crippen molar-refractivity contribution in [1.29, 1.82) is 5.26 Å². The van der Waals surface area contributed by atoms with Crippen LogP contribution in [0, 0.1) is 21.8 Å². The van der Waals surface area contributed by atoms with E-state index >= 15 is 0 Å². The van der Waals surface area contributed by atoms with Gasteiger partial charge < -0.3 is 10.6 Å². The molecule has 1 amide bonds. The average molecular weight is 466 g/mol. The summed E-state index contributed by atoms with van der Waals surface area (Å²) in [5.41, 5.74) is 2.77. The third kappa shape index (κ3) is 6.07. The Morgan fingerprint density at radius 1 is 1.32 bits per heavy atom. The highest BCUT2D eigenvalue weighted by Gasteiger charge is 2.10. The van der Waals surface area contributed by atoms with Gasteiger partial charge in [0.1, 0.15) is 11.6 Å². The number of benzene rings is 2. The number of hydrogen-bond donors (Lipinski definition) is 2. The first-order chi connectivity index (χ1) is 12.0. The second kappa shape index (κ2) is 9.44. The molecular weight excluding hydrogens is 449 g/mol. The molecule has 0 heterocycles. The fourth-order valence-corrected chi connectivity index (χ4v) is 3.05. The summed E-state index contributed by atoms with van der Waals surface area (Å²) in [5, 5.41) is 15.7. The lowest BCUT2D eigenvalue weighted by molar-refractivity contribution is -0.112. The number of nitrogens with one attached hydrogen (secondary N) is 2. The number of carbonyl (C=O) groups excluding carboxylic acids is 1. The molecule has 25 heavy (non-hydrogen) atoms. The zero-order valence-corrected chi connectivity index (χ0v) is 16.6. The molecule has 0 fully saturated rings. The zero-order chi connectivity index (χ0) is 18.2. The Balaban J connectivity index is 1.92.